The summed E-state index contributed by atoms with van der Waals surface area (Å²) in [4.78, 5) is 34.2. The molecular formula is C13H23NO5. The van der Waals surface area contributed by atoms with E-state index in [0.717, 1.165) is 0 Å². The Morgan fingerprint density at radius 3 is 2.21 bits per heavy atom. The number of hydrogen-bond donors (Lipinski definition) is 1. The minimum absolute atomic E-state index is 0.000706. The number of hydrogen-bond acceptors (Lipinski definition) is 5. The van der Waals surface area contributed by atoms with Gasteiger partial charge in [-0.1, -0.05) is 0 Å². The molecule has 0 aliphatic rings. The molecule has 0 fully saturated rings. The summed E-state index contributed by atoms with van der Waals surface area (Å²) >= 11 is 0. The molecule has 110 valence electrons. The second-order valence-corrected chi connectivity index (χ2v) is 5.13. The van der Waals surface area contributed by atoms with Crippen LogP contribution < -0.4 is 5.32 Å². The van der Waals surface area contributed by atoms with Crippen LogP contribution >= 0.6 is 0 Å². The lowest BCUT2D eigenvalue weighted by molar-refractivity contribution is -0.158. The number of amides is 1. The Morgan fingerprint density at radius 1 is 1.16 bits per heavy atom. The Hall–Kier alpha value is -1.59. The second kappa shape index (κ2) is 7.76. The highest BCUT2D eigenvalue weighted by atomic mass is 16.6. The maximum atomic E-state index is 11.6. The van der Waals surface area contributed by atoms with Crippen LogP contribution in [0, 0.1) is 0 Å². The van der Waals surface area contributed by atoms with Crippen molar-refractivity contribution in [3.05, 3.63) is 0 Å². The summed E-state index contributed by atoms with van der Waals surface area (Å²) in [6.07, 6.45) is -0.00726. The van der Waals surface area contributed by atoms with Crippen molar-refractivity contribution in [3.8, 4) is 0 Å². The molecule has 0 unspecified atom stereocenters. The molecule has 0 bridgehead atoms. The summed E-state index contributed by atoms with van der Waals surface area (Å²) in [5.41, 5.74) is -0.596. The lowest BCUT2D eigenvalue weighted by Crippen LogP contribution is -2.42. The third-order valence-corrected chi connectivity index (χ3v) is 2.00. The van der Waals surface area contributed by atoms with E-state index in [1.54, 1.807) is 27.7 Å². The quantitative estimate of drug-likeness (QED) is 0.735. The zero-order valence-corrected chi connectivity index (χ0v) is 12.2. The minimum Gasteiger partial charge on any atom is -0.466 e. The summed E-state index contributed by atoms with van der Waals surface area (Å²) < 4.78 is 9.82. The van der Waals surface area contributed by atoms with Gasteiger partial charge in [0, 0.05) is 6.42 Å². The fourth-order valence-electron chi connectivity index (χ4n) is 1.21. The van der Waals surface area contributed by atoms with Gasteiger partial charge in [-0.3, -0.25) is 9.59 Å². The van der Waals surface area contributed by atoms with Crippen molar-refractivity contribution >= 4 is 17.8 Å². The lowest BCUT2D eigenvalue weighted by atomic mass is 10.2. The summed E-state index contributed by atoms with van der Waals surface area (Å²) in [6, 6.07) is -0.742. The van der Waals surface area contributed by atoms with E-state index in [9.17, 15) is 14.4 Å². The van der Waals surface area contributed by atoms with Crippen molar-refractivity contribution in [1.82, 2.24) is 5.32 Å². The summed E-state index contributed by atoms with van der Waals surface area (Å²) in [7, 11) is 0. The first kappa shape index (κ1) is 17.4. The number of rotatable bonds is 6. The van der Waals surface area contributed by atoms with Crippen LogP contribution in [0.25, 0.3) is 0 Å². The lowest BCUT2D eigenvalue weighted by Gasteiger charge is -2.22. The average Bonchev–Trinajstić information content (AvgIpc) is 2.24. The third-order valence-electron chi connectivity index (χ3n) is 2.00. The molecule has 0 aromatic rings. The first-order valence-electron chi connectivity index (χ1n) is 6.33. The van der Waals surface area contributed by atoms with Crippen LogP contribution in [0.2, 0.25) is 0 Å². The van der Waals surface area contributed by atoms with E-state index in [0.29, 0.717) is 0 Å². The number of nitrogens with one attached hydrogen (secondary N) is 1. The van der Waals surface area contributed by atoms with Crippen molar-refractivity contribution in [2.45, 2.75) is 59.1 Å². The maximum absolute atomic E-state index is 11.6. The second-order valence-electron chi connectivity index (χ2n) is 5.13. The van der Waals surface area contributed by atoms with E-state index in [2.05, 4.69) is 5.32 Å². The molecular weight excluding hydrogens is 250 g/mol. The van der Waals surface area contributed by atoms with Crippen molar-refractivity contribution in [1.29, 1.82) is 0 Å². The first-order valence-corrected chi connectivity index (χ1v) is 6.33. The molecule has 6 heteroatoms. The van der Waals surface area contributed by atoms with Gasteiger partial charge in [0.2, 0.25) is 5.91 Å². The van der Waals surface area contributed by atoms with Crippen LogP contribution in [0.15, 0.2) is 0 Å². The predicted octanol–water partition coefficient (Wildman–Crippen LogP) is 1.18. The zero-order valence-electron chi connectivity index (χ0n) is 12.2. The summed E-state index contributed by atoms with van der Waals surface area (Å²) in [5, 5.41) is 2.48. The van der Waals surface area contributed by atoms with Gasteiger partial charge in [0.05, 0.1) is 13.0 Å². The van der Waals surface area contributed by atoms with Gasteiger partial charge >= 0.3 is 11.9 Å². The van der Waals surface area contributed by atoms with Crippen molar-refractivity contribution < 1.29 is 23.9 Å². The highest BCUT2D eigenvalue weighted by Gasteiger charge is 2.23. The van der Waals surface area contributed by atoms with E-state index >= 15 is 0 Å². The van der Waals surface area contributed by atoms with Gasteiger partial charge < -0.3 is 14.8 Å². The number of ether oxygens (including phenoxy) is 2. The van der Waals surface area contributed by atoms with E-state index in [1.807, 2.05) is 0 Å². The molecule has 1 atom stereocenters. The highest BCUT2D eigenvalue weighted by Crippen LogP contribution is 2.08. The van der Waals surface area contributed by atoms with Crippen LogP contribution in [0.4, 0.5) is 0 Å². The van der Waals surface area contributed by atoms with Gasteiger partial charge in [0.15, 0.2) is 0 Å². The number of esters is 2. The van der Waals surface area contributed by atoms with E-state index < -0.39 is 23.6 Å². The smallest absolute Gasteiger partial charge is 0.328 e. The van der Waals surface area contributed by atoms with Gasteiger partial charge in [0.25, 0.3) is 0 Å². The van der Waals surface area contributed by atoms with Gasteiger partial charge in [-0.15, -0.1) is 0 Å². The Kier molecular flexibility index (Phi) is 7.11. The zero-order chi connectivity index (χ0) is 15.1. The fraction of sp³-hybridized carbons (Fsp3) is 0.769. The van der Waals surface area contributed by atoms with Gasteiger partial charge in [-0.25, -0.2) is 4.79 Å². The molecule has 6 nitrogen and oxygen atoms in total. The topological polar surface area (TPSA) is 81.7 Å². The molecule has 0 heterocycles. The molecule has 0 aliphatic heterocycles. The molecule has 1 amide bonds. The van der Waals surface area contributed by atoms with Gasteiger partial charge in [-0.2, -0.15) is 0 Å². The Bertz CT molecular complexity index is 332. The molecule has 0 saturated heterocycles. The highest BCUT2D eigenvalue weighted by molar-refractivity contribution is 5.86. The number of carbonyl (C=O) groups excluding carboxylic acids is 3. The average molecular weight is 273 g/mol. The molecule has 0 aromatic carbocycles. The third kappa shape index (κ3) is 9.04. The summed E-state index contributed by atoms with van der Waals surface area (Å²) in [5.74, 6) is -1.31. The van der Waals surface area contributed by atoms with Crippen LogP contribution in [0.5, 0.6) is 0 Å². The van der Waals surface area contributed by atoms with E-state index in [1.165, 1.54) is 6.92 Å². The summed E-state index contributed by atoms with van der Waals surface area (Å²) in [6.45, 7) is 8.77. The fourth-order valence-corrected chi connectivity index (χ4v) is 1.21. The maximum Gasteiger partial charge on any atom is 0.328 e. The van der Waals surface area contributed by atoms with Crippen LogP contribution in [0.1, 0.15) is 47.5 Å². The first-order chi connectivity index (χ1) is 8.65. The SMILES string of the molecule is CCOC(=O)CCC(=O)N[C@@H](C)C(=O)OC(C)(C)C. The van der Waals surface area contributed by atoms with Crippen LogP contribution in [0.3, 0.4) is 0 Å². The molecule has 19 heavy (non-hydrogen) atoms. The molecule has 0 radical (unpaired) electrons. The van der Waals surface area contributed by atoms with Crippen LogP contribution in [-0.2, 0) is 23.9 Å². The Balaban J connectivity index is 4.05. The minimum atomic E-state index is -0.742. The van der Waals surface area contributed by atoms with Crippen molar-refractivity contribution in [2.75, 3.05) is 6.61 Å². The largest absolute Gasteiger partial charge is 0.466 e. The Morgan fingerprint density at radius 2 is 1.74 bits per heavy atom. The van der Waals surface area contributed by atoms with Crippen molar-refractivity contribution in [3.63, 3.8) is 0 Å². The molecule has 0 spiro atoms. The van der Waals surface area contributed by atoms with E-state index in [-0.39, 0.29) is 25.4 Å². The molecule has 0 saturated carbocycles. The van der Waals surface area contributed by atoms with Gasteiger partial charge in [0.1, 0.15) is 11.6 Å². The van der Waals surface area contributed by atoms with Crippen LogP contribution in [-0.4, -0.2) is 36.1 Å². The monoisotopic (exact) mass is 273 g/mol. The van der Waals surface area contributed by atoms with Gasteiger partial charge in [-0.05, 0) is 34.6 Å². The molecule has 1 N–H and O–H groups in total. The molecule has 0 aliphatic carbocycles. The standard InChI is InChI=1S/C13H23NO5/c1-6-18-11(16)8-7-10(15)14-9(2)12(17)19-13(3,4)5/h9H,6-8H2,1-5H3,(H,14,15)/t9-/m0/s1. The molecule has 0 rings (SSSR count). The number of carbonyl (C=O) groups is 3. The predicted molar refractivity (Wildman–Crippen MR) is 69.3 cm³/mol. The van der Waals surface area contributed by atoms with E-state index in [4.69, 9.17) is 9.47 Å². The Labute approximate surface area is 113 Å². The molecule has 0 aromatic heterocycles. The normalized spacial score (nSPS) is 12.5. The van der Waals surface area contributed by atoms with Crippen molar-refractivity contribution in [2.24, 2.45) is 0 Å².